The van der Waals surface area contributed by atoms with Crippen molar-refractivity contribution < 1.29 is 14.3 Å². The van der Waals surface area contributed by atoms with Crippen molar-refractivity contribution in [2.45, 2.75) is 0 Å². The van der Waals surface area contributed by atoms with E-state index >= 15 is 0 Å². The van der Waals surface area contributed by atoms with Crippen LogP contribution in [0.25, 0.3) is 5.83 Å². The fraction of sp³-hybridized carbons (Fsp3) is 0. The van der Waals surface area contributed by atoms with Crippen molar-refractivity contribution in [2.75, 3.05) is 0 Å². The van der Waals surface area contributed by atoms with Crippen LogP contribution < -0.4 is 0 Å². The number of hydrogen-bond acceptors (Lipinski definition) is 1. The second-order valence-electron chi connectivity index (χ2n) is 2.40. The Kier molecular flexibility index (Phi) is 2.68. The molecule has 1 N–H and O–H groups in total. The average Bonchev–Trinajstić information content (AvgIpc) is 2.03. The molecule has 0 heterocycles. The van der Waals surface area contributed by atoms with Gasteiger partial charge in [-0.3, -0.25) is 0 Å². The Morgan fingerprint density at radius 1 is 1.54 bits per heavy atom. The van der Waals surface area contributed by atoms with E-state index in [0.29, 0.717) is 0 Å². The van der Waals surface area contributed by atoms with Crippen molar-refractivity contribution in [3.05, 3.63) is 40.9 Å². The summed E-state index contributed by atoms with van der Waals surface area (Å²) in [5, 5.41) is 8.60. The van der Waals surface area contributed by atoms with Crippen molar-refractivity contribution in [3.8, 4) is 0 Å². The van der Waals surface area contributed by atoms with Crippen LogP contribution in [0.2, 0.25) is 5.02 Å². The van der Waals surface area contributed by atoms with Gasteiger partial charge in [0.2, 0.25) is 0 Å². The lowest BCUT2D eigenvalue weighted by Gasteiger charge is -2.00. The third-order valence-electron chi connectivity index (χ3n) is 1.51. The SMILES string of the molecule is C=C(F)c1ccc(C(=O)O)c(Cl)c1. The monoisotopic (exact) mass is 200 g/mol. The van der Waals surface area contributed by atoms with Gasteiger partial charge in [-0.2, -0.15) is 0 Å². The van der Waals surface area contributed by atoms with Crippen LogP contribution in [0, 0.1) is 0 Å². The first-order valence-corrected chi connectivity index (χ1v) is 3.78. The summed E-state index contributed by atoms with van der Waals surface area (Å²) in [4.78, 5) is 10.5. The highest BCUT2D eigenvalue weighted by molar-refractivity contribution is 6.33. The number of carboxylic acids is 1. The molecule has 0 saturated heterocycles. The van der Waals surface area contributed by atoms with Gasteiger partial charge in [-0.15, -0.1) is 0 Å². The average molecular weight is 201 g/mol. The van der Waals surface area contributed by atoms with Crippen LogP contribution in [-0.2, 0) is 0 Å². The molecule has 1 aromatic carbocycles. The van der Waals surface area contributed by atoms with Gasteiger partial charge in [0.05, 0.1) is 10.6 Å². The molecule has 0 radical (unpaired) electrons. The smallest absolute Gasteiger partial charge is 0.337 e. The Labute approximate surface area is 79.3 Å². The first-order valence-electron chi connectivity index (χ1n) is 3.40. The summed E-state index contributed by atoms with van der Waals surface area (Å²) >= 11 is 5.58. The molecule has 0 aliphatic carbocycles. The van der Waals surface area contributed by atoms with Gasteiger partial charge >= 0.3 is 5.97 Å². The highest BCUT2D eigenvalue weighted by Gasteiger charge is 2.09. The molecule has 1 aromatic rings. The largest absolute Gasteiger partial charge is 0.478 e. The van der Waals surface area contributed by atoms with Crippen LogP contribution in [0.1, 0.15) is 15.9 Å². The number of rotatable bonds is 2. The first kappa shape index (κ1) is 9.74. The second kappa shape index (κ2) is 3.58. The molecule has 0 fully saturated rings. The number of aromatic carboxylic acids is 1. The van der Waals surface area contributed by atoms with Crippen molar-refractivity contribution in [3.63, 3.8) is 0 Å². The Morgan fingerprint density at radius 2 is 2.15 bits per heavy atom. The number of benzene rings is 1. The summed E-state index contributed by atoms with van der Waals surface area (Å²) in [6, 6.07) is 3.79. The maximum atomic E-state index is 12.5. The van der Waals surface area contributed by atoms with Crippen molar-refractivity contribution in [1.82, 2.24) is 0 Å². The van der Waals surface area contributed by atoms with E-state index in [9.17, 15) is 9.18 Å². The first-order chi connectivity index (χ1) is 6.02. The molecule has 0 aromatic heterocycles. The molecule has 68 valence electrons. The molecule has 0 unspecified atom stereocenters. The van der Waals surface area contributed by atoms with E-state index in [-0.39, 0.29) is 16.1 Å². The van der Waals surface area contributed by atoms with E-state index in [1.165, 1.54) is 18.2 Å². The topological polar surface area (TPSA) is 37.3 Å². The van der Waals surface area contributed by atoms with Crippen LogP contribution >= 0.6 is 11.6 Å². The summed E-state index contributed by atoms with van der Waals surface area (Å²) in [6.45, 7) is 3.07. The van der Waals surface area contributed by atoms with Crippen LogP contribution in [0.5, 0.6) is 0 Å². The van der Waals surface area contributed by atoms with Crippen LogP contribution in [0.3, 0.4) is 0 Å². The fourth-order valence-electron chi connectivity index (χ4n) is 0.857. The third kappa shape index (κ3) is 2.06. The molecule has 0 aliphatic heterocycles. The highest BCUT2D eigenvalue weighted by atomic mass is 35.5. The van der Waals surface area contributed by atoms with Crippen molar-refractivity contribution >= 4 is 23.4 Å². The molecule has 0 aliphatic rings. The lowest BCUT2D eigenvalue weighted by Crippen LogP contribution is -1.97. The molecule has 0 saturated carbocycles. The highest BCUT2D eigenvalue weighted by Crippen LogP contribution is 2.22. The summed E-state index contributed by atoms with van der Waals surface area (Å²) in [5.41, 5.74) is 0.140. The predicted molar refractivity (Wildman–Crippen MR) is 48.6 cm³/mol. The van der Waals surface area contributed by atoms with Crippen LogP contribution in [-0.4, -0.2) is 11.1 Å². The maximum Gasteiger partial charge on any atom is 0.337 e. The summed E-state index contributed by atoms with van der Waals surface area (Å²) in [6.07, 6.45) is 0. The van der Waals surface area contributed by atoms with Gasteiger partial charge in [-0.1, -0.05) is 24.2 Å². The predicted octanol–water partition coefficient (Wildman–Crippen LogP) is 2.98. The minimum atomic E-state index is -1.14. The maximum absolute atomic E-state index is 12.5. The van der Waals surface area contributed by atoms with E-state index < -0.39 is 11.8 Å². The molecule has 2 nitrogen and oxygen atoms in total. The molecular weight excluding hydrogens is 195 g/mol. The molecule has 0 atom stereocenters. The zero-order valence-corrected chi connectivity index (χ0v) is 7.31. The van der Waals surface area contributed by atoms with Gasteiger partial charge < -0.3 is 5.11 Å². The number of carbonyl (C=O) groups is 1. The van der Waals surface area contributed by atoms with Crippen LogP contribution in [0.4, 0.5) is 4.39 Å². The Bertz CT molecular complexity index is 374. The Balaban J connectivity index is 3.20. The molecule has 0 bridgehead atoms. The zero-order chi connectivity index (χ0) is 10.0. The fourth-order valence-corrected chi connectivity index (χ4v) is 1.12. The molecule has 0 spiro atoms. The molecule has 1 rings (SSSR count). The van der Waals surface area contributed by atoms with Gasteiger partial charge in [-0.05, 0) is 12.1 Å². The molecule has 4 heteroatoms. The van der Waals surface area contributed by atoms with Crippen molar-refractivity contribution in [2.24, 2.45) is 0 Å². The number of hydrogen-bond donors (Lipinski definition) is 1. The van der Waals surface area contributed by atoms with E-state index in [4.69, 9.17) is 16.7 Å². The molecule has 0 amide bonds. The normalized spacial score (nSPS) is 9.69. The van der Waals surface area contributed by atoms with Crippen LogP contribution in [0.15, 0.2) is 24.8 Å². The third-order valence-corrected chi connectivity index (χ3v) is 1.83. The minimum Gasteiger partial charge on any atom is -0.478 e. The van der Waals surface area contributed by atoms with E-state index in [1.807, 2.05) is 0 Å². The van der Waals surface area contributed by atoms with Gasteiger partial charge in [0.1, 0.15) is 5.83 Å². The van der Waals surface area contributed by atoms with Gasteiger partial charge in [0.25, 0.3) is 0 Å². The lowest BCUT2D eigenvalue weighted by molar-refractivity contribution is 0.0697. The Hall–Kier alpha value is -1.35. The molecular formula is C9H6ClFO2. The zero-order valence-electron chi connectivity index (χ0n) is 6.55. The van der Waals surface area contributed by atoms with Gasteiger partial charge in [0.15, 0.2) is 0 Å². The van der Waals surface area contributed by atoms with E-state index in [1.54, 1.807) is 0 Å². The van der Waals surface area contributed by atoms with Gasteiger partial charge in [0, 0.05) is 5.56 Å². The summed E-state index contributed by atoms with van der Waals surface area (Å²) in [5.74, 6) is -1.78. The number of halogens is 2. The number of carboxylic acid groups (broad SMARTS) is 1. The van der Waals surface area contributed by atoms with E-state index in [2.05, 4.69) is 6.58 Å². The van der Waals surface area contributed by atoms with E-state index in [0.717, 1.165) is 0 Å². The lowest BCUT2D eigenvalue weighted by atomic mass is 10.1. The summed E-state index contributed by atoms with van der Waals surface area (Å²) < 4.78 is 12.5. The summed E-state index contributed by atoms with van der Waals surface area (Å²) in [7, 11) is 0. The quantitative estimate of drug-likeness (QED) is 0.797. The minimum absolute atomic E-state index is 0.00352. The van der Waals surface area contributed by atoms with Gasteiger partial charge in [-0.25, -0.2) is 9.18 Å². The Morgan fingerprint density at radius 3 is 2.54 bits per heavy atom. The molecule has 13 heavy (non-hydrogen) atoms. The van der Waals surface area contributed by atoms with Crippen molar-refractivity contribution in [1.29, 1.82) is 0 Å². The standard InChI is InChI=1S/C9H6ClFO2/c1-5(11)6-2-3-7(9(12)13)8(10)4-6/h2-4H,1H2,(H,12,13). The second-order valence-corrected chi connectivity index (χ2v) is 2.81.